The van der Waals surface area contributed by atoms with Crippen LogP contribution in [-0.4, -0.2) is 34.7 Å². The van der Waals surface area contributed by atoms with E-state index in [0.29, 0.717) is 0 Å². The predicted molar refractivity (Wildman–Crippen MR) is 89.9 cm³/mol. The van der Waals surface area contributed by atoms with Gasteiger partial charge in [0.25, 0.3) is 0 Å². The van der Waals surface area contributed by atoms with Gasteiger partial charge in [-0.1, -0.05) is 12.1 Å². The Balaban J connectivity index is 2.31. The average molecular weight is 399 g/mol. The number of carbonyl (C=O) groups is 1. The summed E-state index contributed by atoms with van der Waals surface area (Å²) >= 11 is 2.27. The second kappa shape index (κ2) is 6.46. The van der Waals surface area contributed by atoms with E-state index in [0.717, 1.165) is 17.1 Å². The second-order valence-electron chi connectivity index (χ2n) is 4.86. The van der Waals surface area contributed by atoms with Crippen molar-refractivity contribution in [2.24, 2.45) is 7.05 Å². The minimum atomic E-state index is -0.374. The van der Waals surface area contributed by atoms with Gasteiger partial charge in [-0.05, 0) is 41.6 Å². The van der Waals surface area contributed by atoms with Crippen LogP contribution in [0.25, 0.3) is 11.3 Å². The molecule has 0 aliphatic rings. The van der Waals surface area contributed by atoms with Crippen LogP contribution in [0.15, 0.2) is 30.5 Å². The van der Waals surface area contributed by atoms with Crippen LogP contribution in [0.4, 0.5) is 4.79 Å². The van der Waals surface area contributed by atoms with Gasteiger partial charge in [-0.25, -0.2) is 9.78 Å². The summed E-state index contributed by atoms with van der Waals surface area (Å²) in [6.45, 7) is 1.93. The summed E-state index contributed by atoms with van der Waals surface area (Å²) in [5, 5.41) is 0. The number of hydrogen-bond acceptors (Lipinski definition) is 3. The third-order valence-electron chi connectivity index (χ3n) is 3.47. The van der Waals surface area contributed by atoms with Crippen LogP contribution in [0.1, 0.15) is 18.8 Å². The molecule has 0 unspecified atom stereocenters. The van der Waals surface area contributed by atoms with Gasteiger partial charge >= 0.3 is 6.09 Å². The Morgan fingerprint density at radius 1 is 1.38 bits per heavy atom. The van der Waals surface area contributed by atoms with Crippen molar-refractivity contribution in [3.63, 3.8) is 0 Å². The lowest BCUT2D eigenvalue weighted by Gasteiger charge is -2.22. The first-order valence-electron chi connectivity index (χ1n) is 6.54. The number of benzene rings is 1. The third-order valence-corrected chi connectivity index (χ3v) is 4.19. The molecule has 0 saturated carbocycles. The molecule has 0 spiro atoms. The predicted octanol–water partition coefficient (Wildman–Crippen LogP) is 3.45. The van der Waals surface area contributed by atoms with Crippen molar-refractivity contribution < 1.29 is 9.53 Å². The number of methoxy groups -OCH3 is 1. The first-order valence-corrected chi connectivity index (χ1v) is 7.62. The van der Waals surface area contributed by atoms with E-state index in [1.165, 1.54) is 15.6 Å². The molecule has 0 bridgehead atoms. The number of halogens is 1. The third kappa shape index (κ3) is 3.37. The molecular formula is C15H18IN3O2. The molecule has 2 rings (SSSR count). The summed E-state index contributed by atoms with van der Waals surface area (Å²) < 4.78 is 7.88. The Labute approximate surface area is 138 Å². The van der Waals surface area contributed by atoms with E-state index in [1.807, 2.05) is 49.0 Å². The molecule has 0 fully saturated rings. The van der Waals surface area contributed by atoms with E-state index in [1.54, 1.807) is 7.05 Å². The van der Waals surface area contributed by atoms with Crippen molar-refractivity contribution in [1.82, 2.24) is 14.5 Å². The minimum Gasteiger partial charge on any atom is -0.453 e. The monoisotopic (exact) mass is 399 g/mol. The lowest BCUT2D eigenvalue weighted by Crippen LogP contribution is -2.30. The number of nitrogens with zero attached hydrogens (tertiary/aromatic N) is 3. The Kier molecular flexibility index (Phi) is 4.87. The molecule has 112 valence electrons. The van der Waals surface area contributed by atoms with Gasteiger partial charge in [0, 0.05) is 29.4 Å². The van der Waals surface area contributed by atoms with Crippen LogP contribution in [0.5, 0.6) is 0 Å². The molecule has 0 saturated heterocycles. The van der Waals surface area contributed by atoms with Crippen molar-refractivity contribution in [3.05, 3.63) is 39.9 Å². The first-order chi connectivity index (χ1) is 9.93. The zero-order valence-corrected chi connectivity index (χ0v) is 14.7. The Morgan fingerprint density at radius 3 is 2.57 bits per heavy atom. The quantitative estimate of drug-likeness (QED) is 0.743. The van der Waals surface area contributed by atoms with Crippen LogP contribution < -0.4 is 0 Å². The maximum absolute atomic E-state index is 11.6. The van der Waals surface area contributed by atoms with Crippen LogP contribution >= 0.6 is 22.6 Å². The number of imidazole rings is 1. The molecule has 0 N–H and O–H groups in total. The molecule has 6 heteroatoms. The fourth-order valence-electron chi connectivity index (χ4n) is 2.10. The van der Waals surface area contributed by atoms with Crippen molar-refractivity contribution >= 4 is 28.7 Å². The van der Waals surface area contributed by atoms with Crippen molar-refractivity contribution in [2.45, 2.75) is 13.0 Å². The summed E-state index contributed by atoms with van der Waals surface area (Å²) in [5.41, 5.74) is 1.96. The van der Waals surface area contributed by atoms with Gasteiger partial charge < -0.3 is 14.2 Å². The summed E-state index contributed by atoms with van der Waals surface area (Å²) in [6.07, 6.45) is 1.60. The molecule has 1 heterocycles. The Hall–Kier alpha value is -1.57. The molecule has 21 heavy (non-hydrogen) atoms. The number of amides is 1. The van der Waals surface area contributed by atoms with Gasteiger partial charge in [0.05, 0.1) is 18.8 Å². The first kappa shape index (κ1) is 15.8. The second-order valence-corrected chi connectivity index (χ2v) is 6.10. The fourth-order valence-corrected chi connectivity index (χ4v) is 2.46. The molecule has 1 atom stereocenters. The van der Waals surface area contributed by atoms with Crippen LogP contribution in [0.2, 0.25) is 0 Å². The topological polar surface area (TPSA) is 47.4 Å². The number of carbonyl (C=O) groups excluding carboxylic acids is 1. The molecule has 2 aromatic rings. The van der Waals surface area contributed by atoms with E-state index < -0.39 is 0 Å². The molecule has 1 amide bonds. The fraction of sp³-hybridized carbons (Fsp3) is 0.333. The summed E-state index contributed by atoms with van der Waals surface area (Å²) in [4.78, 5) is 17.8. The number of hydrogen-bond donors (Lipinski definition) is 0. The number of aryl methyl sites for hydroxylation is 1. The average Bonchev–Trinajstić information content (AvgIpc) is 2.87. The highest BCUT2D eigenvalue weighted by Crippen LogP contribution is 2.24. The maximum Gasteiger partial charge on any atom is 0.409 e. The number of rotatable bonds is 3. The number of aromatic nitrogens is 2. The summed E-state index contributed by atoms with van der Waals surface area (Å²) in [5.74, 6) is 0.816. The van der Waals surface area contributed by atoms with E-state index in [-0.39, 0.29) is 12.1 Å². The maximum atomic E-state index is 11.6. The zero-order chi connectivity index (χ0) is 15.6. The SMILES string of the molecule is COC(=O)N(C)[C@H](C)c1nc(-c2ccc(I)cc2)cn1C. The summed E-state index contributed by atoms with van der Waals surface area (Å²) in [6, 6.07) is 8.02. The van der Waals surface area contributed by atoms with Crippen molar-refractivity contribution in [1.29, 1.82) is 0 Å². The van der Waals surface area contributed by atoms with Gasteiger partial charge in [-0.15, -0.1) is 0 Å². The molecular weight excluding hydrogens is 381 g/mol. The smallest absolute Gasteiger partial charge is 0.409 e. The van der Waals surface area contributed by atoms with Gasteiger partial charge in [0.2, 0.25) is 0 Å². The lowest BCUT2D eigenvalue weighted by molar-refractivity contribution is 0.118. The Bertz CT molecular complexity index is 637. The van der Waals surface area contributed by atoms with E-state index in [2.05, 4.69) is 27.6 Å². The molecule has 0 radical (unpaired) electrons. The Morgan fingerprint density at radius 2 is 2.00 bits per heavy atom. The van der Waals surface area contributed by atoms with Crippen LogP contribution in [-0.2, 0) is 11.8 Å². The highest BCUT2D eigenvalue weighted by molar-refractivity contribution is 14.1. The van der Waals surface area contributed by atoms with E-state index in [4.69, 9.17) is 4.74 Å². The lowest BCUT2D eigenvalue weighted by atomic mass is 10.2. The minimum absolute atomic E-state index is 0.167. The van der Waals surface area contributed by atoms with Crippen molar-refractivity contribution in [3.8, 4) is 11.3 Å². The van der Waals surface area contributed by atoms with Crippen LogP contribution in [0.3, 0.4) is 0 Å². The number of ether oxygens (including phenoxy) is 1. The normalized spacial score (nSPS) is 12.0. The highest BCUT2D eigenvalue weighted by Gasteiger charge is 2.22. The molecule has 5 nitrogen and oxygen atoms in total. The molecule has 0 aliphatic carbocycles. The van der Waals surface area contributed by atoms with Gasteiger partial charge in [0.1, 0.15) is 5.82 Å². The van der Waals surface area contributed by atoms with Crippen LogP contribution in [0, 0.1) is 3.57 Å². The van der Waals surface area contributed by atoms with Gasteiger partial charge in [-0.2, -0.15) is 0 Å². The zero-order valence-electron chi connectivity index (χ0n) is 12.5. The van der Waals surface area contributed by atoms with E-state index in [9.17, 15) is 4.79 Å². The van der Waals surface area contributed by atoms with Gasteiger partial charge in [-0.3, -0.25) is 0 Å². The molecule has 1 aromatic heterocycles. The molecule has 1 aromatic carbocycles. The largest absolute Gasteiger partial charge is 0.453 e. The standard InChI is InChI=1S/C15H18IN3O2/c1-10(19(3)15(20)21-4)14-17-13(9-18(14)2)11-5-7-12(16)8-6-11/h5-10H,1-4H3/t10-/m1/s1. The molecule has 0 aliphatic heterocycles. The highest BCUT2D eigenvalue weighted by atomic mass is 127. The van der Waals surface area contributed by atoms with E-state index >= 15 is 0 Å². The van der Waals surface area contributed by atoms with Gasteiger partial charge in [0.15, 0.2) is 0 Å². The summed E-state index contributed by atoms with van der Waals surface area (Å²) in [7, 11) is 5.01. The van der Waals surface area contributed by atoms with Crippen molar-refractivity contribution in [2.75, 3.05) is 14.2 Å².